The van der Waals surface area contributed by atoms with Gasteiger partial charge in [-0.3, -0.25) is 9.59 Å². The van der Waals surface area contributed by atoms with Crippen molar-refractivity contribution in [3.63, 3.8) is 0 Å². The number of amides is 2. The van der Waals surface area contributed by atoms with Crippen molar-refractivity contribution < 1.29 is 19.2 Å². The molecule has 6 nitrogen and oxygen atoms in total. The fourth-order valence-electron chi connectivity index (χ4n) is 1.84. The molecule has 0 heterocycles. The SMILES string of the molecule is C[C@@H](NC(=O)COc1ccc(Cl)cc1)ONC(=O)CSc1ccc(Cl)cc1. The van der Waals surface area contributed by atoms with Crippen molar-refractivity contribution in [2.45, 2.75) is 18.0 Å². The summed E-state index contributed by atoms with van der Waals surface area (Å²) < 4.78 is 5.32. The van der Waals surface area contributed by atoms with Gasteiger partial charge in [-0.05, 0) is 55.5 Å². The van der Waals surface area contributed by atoms with Crippen LogP contribution in [0, 0.1) is 0 Å². The van der Waals surface area contributed by atoms with Gasteiger partial charge in [0.1, 0.15) is 5.75 Å². The van der Waals surface area contributed by atoms with Gasteiger partial charge in [-0.15, -0.1) is 11.8 Å². The predicted molar refractivity (Wildman–Crippen MR) is 106 cm³/mol. The summed E-state index contributed by atoms with van der Waals surface area (Å²) >= 11 is 12.9. The van der Waals surface area contributed by atoms with Crippen molar-refractivity contribution in [1.82, 2.24) is 10.8 Å². The number of carbonyl (C=O) groups excluding carboxylic acids is 2. The largest absolute Gasteiger partial charge is 0.484 e. The van der Waals surface area contributed by atoms with Crippen LogP contribution in [0.3, 0.4) is 0 Å². The van der Waals surface area contributed by atoms with Crippen LogP contribution in [-0.2, 0) is 14.4 Å². The second kappa shape index (κ2) is 11.0. The van der Waals surface area contributed by atoms with Crippen LogP contribution in [0.25, 0.3) is 0 Å². The summed E-state index contributed by atoms with van der Waals surface area (Å²) in [7, 11) is 0. The summed E-state index contributed by atoms with van der Waals surface area (Å²) in [6.07, 6.45) is -0.712. The van der Waals surface area contributed by atoms with Gasteiger partial charge in [0.25, 0.3) is 11.8 Å². The minimum atomic E-state index is -0.712. The van der Waals surface area contributed by atoms with Gasteiger partial charge in [-0.1, -0.05) is 23.2 Å². The molecule has 0 aliphatic rings. The highest BCUT2D eigenvalue weighted by atomic mass is 35.5. The van der Waals surface area contributed by atoms with Crippen molar-refractivity contribution in [2.24, 2.45) is 0 Å². The Kier molecular flexibility index (Phi) is 8.74. The average molecular weight is 429 g/mol. The van der Waals surface area contributed by atoms with Crippen LogP contribution in [0.4, 0.5) is 0 Å². The molecule has 0 radical (unpaired) electrons. The molecule has 2 rings (SSSR count). The minimum Gasteiger partial charge on any atom is -0.484 e. The van der Waals surface area contributed by atoms with Crippen LogP contribution in [0.15, 0.2) is 53.4 Å². The molecule has 0 aliphatic carbocycles. The lowest BCUT2D eigenvalue weighted by Crippen LogP contribution is -2.42. The van der Waals surface area contributed by atoms with E-state index in [1.54, 1.807) is 43.3 Å². The van der Waals surface area contributed by atoms with Crippen molar-refractivity contribution in [3.05, 3.63) is 58.6 Å². The van der Waals surface area contributed by atoms with E-state index in [4.69, 9.17) is 32.8 Å². The Balaban J connectivity index is 1.62. The van der Waals surface area contributed by atoms with Gasteiger partial charge in [0.2, 0.25) is 0 Å². The minimum absolute atomic E-state index is 0.169. The molecule has 0 bridgehead atoms. The van der Waals surface area contributed by atoms with Crippen LogP contribution in [-0.4, -0.2) is 30.4 Å². The van der Waals surface area contributed by atoms with E-state index in [1.807, 2.05) is 12.1 Å². The number of hydrogen-bond donors (Lipinski definition) is 2. The Labute approximate surface area is 171 Å². The Morgan fingerprint density at radius 2 is 1.59 bits per heavy atom. The molecule has 0 saturated heterocycles. The fourth-order valence-corrected chi connectivity index (χ4v) is 2.78. The van der Waals surface area contributed by atoms with Crippen molar-refractivity contribution in [2.75, 3.05) is 12.4 Å². The summed E-state index contributed by atoms with van der Waals surface area (Å²) in [5.41, 5.74) is 2.29. The van der Waals surface area contributed by atoms with E-state index in [9.17, 15) is 9.59 Å². The van der Waals surface area contributed by atoms with E-state index in [0.29, 0.717) is 15.8 Å². The molecule has 2 aromatic rings. The quantitative estimate of drug-likeness (QED) is 0.361. The van der Waals surface area contributed by atoms with Gasteiger partial charge in [0.05, 0.1) is 5.75 Å². The summed E-state index contributed by atoms with van der Waals surface area (Å²) in [6, 6.07) is 13.8. The lowest BCUT2D eigenvalue weighted by molar-refractivity contribution is -0.141. The molecule has 2 N–H and O–H groups in total. The van der Waals surface area contributed by atoms with Crippen LogP contribution in [0.2, 0.25) is 10.0 Å². The van der Waals surface area contributed by atoms with Gasteiger partial charge in [0.15, 0.2) is 12.8 Å². The fraction of sp³-hybridized carbons (Fsp3) is 0.222. The summed E-state index contributed by atoms with van der Waals surface area (Å²) in [6.45, 7) is 1.41. The van der Waals surface area contributed by atoms with Crippen LogP contribution >= 0.6 is 35.0 Å². The summed E-state index contributed by atoms with van der Waals surface area (Å²) in [5.74, 6) is -0.0199. The first-order chi connectivity index (χ1) is 12.9. The molecule has 2 amide bonds. The van der Waals surface area contributed by atoms with E-state index in [2.05, 4.69) is 10.8 Å². The number of hydroxylamine groups is 1. The monoisotopic (exact) mass is 428 g/mol. The first kappa shape index (κ1) is 21.4. The summed E-state index contributed by atoms with van der Waals surface area (Å²) in [5, 5.41) is 3.77. The maximum absolute atomic E-state index is 11.8. The number of thioether (sulfide) groups is 1. The highest BCUT2D eigenvalue weighted by Gasteiger charge is 2.11. The van der Waals surface area contributed by atoms with Gasteiger partial charge in [-0.2, -0.15) is 0 Å². The molecular weight excluding hydrogens is 411 g/mol. The molecule has 0 spiro atoms. The number of benzene rings is 2. The zero-order valence-electron chi connectivity index (χ0n) is 14.4. The molecule has 144 valence electrons. The number of halogens is 2. The molecule has 27 heavy (non-hydrogen) atoms. The summed E-state index contributed by atoms with van der Waals surface area (Å²) in [4.78, 5) is 29.6. The average Bonchev–Trinajstić information content (AvgIpc) is 2.65. The molecular formula is C18H18Cl2N2O4S. The Hall–Kier alpha value is -1.93. The molecule has 0 aromatic heterocycles. The topological polar surface area (TPSA) is 76.7 Å². The van der Waals surface area contributed by atoms with Crippen LogP contribution in [0.5, 0.6) is 5.75 Å². The van der Waals surface area contributed by atoms with E-state index in [-0.39, 0.29) is 24.2 Å². The van der Waals surface area contributed by atoms with E-state index >= 15 is 0 Å². The molecule has 0 saturated carbocycles. The molecule has 0 unspecified atom stereocenters. The van der Waals surface area contributed by atoms with Crippen molar-refractivity contribution >= 4 is 46.8 Å². The molecule has 2 aromatic carbocycles. The van der Waals surface area contributed by atoms with Gasteiger partial charge in [-0.25, -0.2) is 10.3 Å². The zero-order chi connectivity index (χ0) is 19.6. The van der Waals surface area contributed by atoms with E-state index < -0.39 is 6.23 Å². The normalized spacial score (nSPS) is 11.5. The maximum atomic E-state index is 11.8. The second-order valence-electron chi connectivity index (χ2n) is 5.34. The first-order valence-corrected chi connectivity index (χ1v) is 9.67. The zero-order valence-corrected chi connectivity index (χ0v) is 16.7. The Morgan fingerprint density at radius 1 is 1.00 bits per heavy atom. The number of ether oxygens (including phenoxy) is 1. The van der Waals surface area contributed by atoms with Crippen molar-refractivity contribution in [1.29, 1.82) is 0 Å². The highest BCUT2D eigenvalue weighted by Crippen LogP contribution is 2.20. The lowest BCUT2D eigenvalue weighted by Gasteiger charge is -2.15. The van der Waals surface area contributed by atoms with Crippen LogP contribution in [0.1, 0.15) is 6.92 Å². The Bertz CT molecular complexity index is 757. The maximum Gasteiger partial charge on any atom is 0.259 e. The molecule has 9 heteroatoms. The van der Waals surface area contributed by atoms with Gasteiger partial charge < -0.3 is 10.1 Å². The number of nitrogens with one attached hydrogen (secondary N) is 2. The van der Waals surface area contributed by atoms with Crippen LogP contribution < -0.4 is 15.5 Å². The molecule has 1 atom stereocenters. The highest BCUT2D eigenvalue weighted by molar-refractivity contribution is 8.00. The number of rotatable bonds is 9. The predicted octanol–water partition coefficient (Wildman–Crippen LogP) is 3.67. The standard InChI is InChI=1S/C18H18Cl2N2O4S/c1-12(21-17(23)10-25-15-6-2-13(19)3-7-15)26-22-18(24)11-27-16-8-4-14(20)5-9-16/h2-9,12H,10-11H2,1H3,(H,21,23)(H,22,24)/t12-/m0/s1. The van der Waals surface area contributed by atoms with E-state index in [0.717, 1.165) is 4.90 Å². The third-order valence-corrected chi connectivity index (χ3v) is 4.60. The third-order valence-electron chi connectivity index (χ3n) is 3.08. The smallest absolute Gasteiger partial charge is 0.259 e. The number of hydrogen-bond acceptors (Lipinski definition) is 5. The van der Waals surface area contributed by atoms with Gasteiger partial charge >= 0.3 is 0 Å². The third kappa shape index (κ3) is 8.53. The number of carbonyl (C=O) groups is 2. The van der Waals surface area contributed by atoms with Crippen molar-refractivity contribution in [3.8, 4) is 5.75 Å². The Morgan fingerprint density at radius 3 is 2.22 bits per heavy atom. The van der Waals surface area contributed by atoms with E-state index in [1.165, 1.54) is 11.8 Å². The first-order valence-electron chi connectivity index (χ1n) is 7.93. The lowest BCUT2D eigenvalue weighted by atomic mass is 10.3. The molecule has 0 aliphatic heterocycles. The second-order valence-corrected chi connectivity index (χ2v) is 7.26. The molecule has 0 fully saturated rings. The van der Waals surface area contributed by atoms with Gasteiger partial charge in [0, 0.05) is 14.9 Å².